The van der Waals surface area contributed by atoms with Gasteiger partial charge in [0.2, 0.25) is 0 Å². The molecule has 0 radical (unpaired) electrons. The van der Waals surface area contributed by atoms with Gasteiger partial charge in [-0.2, -0.15) is 18.3 Å². The maximum Gasteiger partial charge on any atom is 0.416 e. The number of benzene rings is 2. The minimum absolute atomic E-state index is 0.0502. The van der Waals surface area contributed by atoms with Gasteiger partial charge in [-0.25, -0.2) is 0 Å². The average Bonchev–Trinajstić information content (AvgIpc) is 3.22. The van der Waals surface area contributed by atoms with Gasteiger partial charge in [0.15, 0.2) is 0 Å². The molecule has 0 bridgehead atoms. The molecule has 2 N–H and O–H groups in total. The Labute approximate surface area is 191 Å². The van der Waals surface area contributed by atoms with Gasteiger partial charge in [-0.1, -0.05) is 42.2 Å². The molecule has 4 rings (SSSR count). The van der Waals surface area contributed by atoms with E-state index in [4.69, 9.17) is 12.2 Å². The number of halogens is 3. The lowest BCUT2D eigenvalue weighted by Crippen LogP contribution is -2.19. The van der Waals surface area contributed by atoms with Crippen molar-refractivity contribution in [3.63, 3.8) is 0 Å². The summed E-state index contributed by atoms with van der Waals surface area (Å²) in [5.41, 5.74) is -0.544. The second-order valence-corrected chi connectivity index (χ2v) is 9.62. The van der Waals surface area contributed by atoms with Gasteiger partial charge in [-0.3, -0.25) is 9.48 Å². The minimum Gasteiger partial charge on any atom is -0.386 e. The van der Waals surface area contributed by atoms with Crippen LogP contribution in [0.5, 0.6) is 0 Å². The minimum atomic E-state index is -4.57. The lowest BCUT2D eigenvalue weighted by Gasteiger charge is -2.21. The summed E-state index contributed by atoms with van der Waals surface area (Å²) < 4.78 is 43.0. The van der Waals surface area contributed by atoms with Crippen LogP contribution in [-0.2, 0) is 23.1 Å². The summed E-state index contributed by atoms with van der Waals surface area (Å²) in [7, 11) is 0. The van der Waals surface area contributed by atoms with Crippen molar-refractivity contribution >= 4 is 51.2 Å². The zero-order valence-electron chi connectivity index (χ0n) is 17.0. The van der Waals surface area contributed by atoms with Gasteiger partial charge in [-0.15, -0.1) is 0 Å². The first-order chi connectivity index (χ1) is 14.9. The Bertz CT molecular complexity index is 1270. The molecule has 0 unspecified atom stereocenters. The standard InChI is InChI=1S/C22H18F3N3O2S2/c1-21(2,30)15-5-4-13(16(9-15)22(23,24)25)11-28-17-6-3-12(7-14(17)10-26-28)8-18-19(29)27-20(31)32-18/h3-10,30H,11H2,1-2H3,(H,27,29,31). The van der Waals surface area contributed by atoms with E-state index >= 15 is 0 Å². The predicted molar refractivity (Wildman–Crippen MR) is 122 cm³/mol. The van der Waals surface area contributed by atoms with Gasteiger partial charge in [-0.05, 0) is 54.8 Å². The quantitative estimate of drug-likeness (QED) is 0.417. The predicted octanol–water partition coefficient (Wildman–Crippen LogP) is 4.82. The molecule has 1 saturated heterocycles. The highest BCUT2D eigenvalue weighted by atomic mass is 32.2. The molecule has 2 aromatic carbocycles. The molecule has 32 heavy (non-hydrogen) atoms. The van der Waals surface area contributed by atoms with Crippen LogP contribution in [0.1, 0.15) is 36.1 Å². The summed E-state index contributed by atoms with van der Waals surface area (Å²) in [5, 5.41) is 17.6. The number of amides is 1. The fraction of sp³-hybridized carbons (Fsp3) is 0.227. The van der Waals surface area contributed by atoms with Crippen LogP contribution in [0, 0.1) is 0 Å². The van der Waals surface area contributed by atoms with Gasteiger partial charge in [0.1, 0.15) is 4.32 Å². The number of fused-ring (bicyclic) bond motifs is 1. The first-order valence-electron chi connectivity index (χ1n) is 9.55. The summed E-state index contributed by atoms with van der Waals surface area (Å²) in [6.07, 6.45) is -1.30. The Morgan fingerprint density at radius 3 is 2.59 bits per heavy atom. The van der Waals surface area contributed by atoms with Gasteiger partial charge >= 0.3 is 6.18 Å². The molecule has 10 heteroatoms. The highest BCUT2D eigenvalue weighted by molar-refractivity contribution is 8.26. The van der Waals surface area contributed by atoms with Crippen molar-refractivity contribution in [2.75, 3.05) is 0 Å². The topological polar surface area (TPSA) is 67.2 Å². The largest absolute Gasteiger partial charge is 0.416 e. The fourth-order valence-electron chi connectivity index (χ4n) is 3.41. The number of aliphatic hydroxyl groups is 1. The van der Waals surface area contributed by atoms with E-state index < -0.39 is 17.3 Å². The zero-order valence-corrected chi connectivity index (χ0v) is 18.7. The van der Waals surface area contributed by atoms with E-state index in [2.05, 4.69) is 10.4 Å². The number of nitrogens with one attached hydrogen (secondary N) is 1. The molecular weight excluding hydrogens is 459 g/mol. The Balaban J connectivity index is 1.68. The summed E-state index contributed by atoms with van der Waals surface area (Å²) in [6, 6.07) is 9.19. The van der Waals surface area contributed by atoms with E-state index in [9.17, 15) is 23.1 Å². The monoisotopic (exact) mass is 477 g/mol. The summed E-state index contributed by atoms with van der Waals surface area (Å²) in [5.74, 6) is -0.259. The van der Waals surface area contributed by atoms with Gasteiger partial charge in [0, 0.05) is 5.39 Å². The molecule has 0 saturated carbocycles. The van der Waals surface area contributed by atoms with Crippen LogP contribution < -0.4 is 5.32 Å². The number of carbonyl (C=O) groups excluding carboxylic acids is 1. The van der Waals surface area contributed by atoms with Crippen molar-refractivity contribution in [1.82, 2.24) is 15.1 Å². The normalized spacial score (nSPS) is 16.2. The number of hydrogen-bond acceptors (Lipinski definition) is 5. The van der Waals surface area contributed by atoms with Gasteiger partial charge in [0.25, 0.3) is 5.91 Å². The highest BCUT2D eigenvalue weighted by Gasteiger charge is 2.35. The van der Waals surface area contributed by atoms with Crippen molar-refractivity contribution in [3.8, 4) is 0 Å². The summed E-state index contributed by atoms with van der Waals surface area (Å²) in [6.45, 7) is 2.80. The van der Waals surface area contributed by atoms with Crippen molar-refractivity contribution in [2.45, 2.75) is 32.2 Å². The van der Waals surface area contributed by atoms with Crippen LogP contribution in [0.3, 0.4) is 0 Å². The van der Waals surface area contributed by atoms with E-state index in [1.165, 1.54) is 42.4 Å². The Hall–Kier alpha value is -2.69. The fourth-order valence-corrected chi connectivity index (χ4v) is 4.46. The number of aromatic nitrogens is 2. The van der Waals surface area contributed by atoms with Crippen LogP contribution in [0.15, 0.2) is 47.5 Å². The molecule has 0 aliphatic carbocycles. The molecule has 1 aliphatic heterocycles. The molecule has 0 atom stereocenters. The van der Waals surface area contributed by atoms with E-state index in [-0.39, 0.29) is 23.6 Å². The Morgan fingerprint density at radius 1 is 1.22 bits per heavy atom. The number of rotatable bonds is 4. The van der Waals surface area contributed by atoms with Gasteiger partial charge in [0.05, 0.1) is 34.3 Å². The number of thiocarbonyl (C=S) groups is 1. The Kier molecular flexibility index (Phi) is 5.64. The molecule has 0 spiro atoms. The number of nitrogens with zero attached hydrogens (tertiary/aromatic N) is 2. The van der Waals surface area contributed by atoms with Crippen molar-refractivity contribution < 1.29 is 23.1 Å². The average molecular weight is 478 g/mol. The molecule has 1 amide bonds. The SMILES string of the molecule is CC(C)(O)c1ccc(Cn2ncc3cc(C=C4SC(=S)NC4=O)ccc32)c(C(F)(F)F)c1. The van der Waals surface area contributed by atoms with E-state index in [0.717, 1.165) is 17.0 Å². The molecule has 2 heterocycles. The molecule has 1 fully saturated rings. The molecule has 5 nitrogen and oxygen atoms in total. The van der Waals surface area contributed by atoms with E-state index in [1.54, 1.807) is 24.4 Å². The van der Waals surface area contributed by atoms with Crippen LogP contribution in [0.2, 0.25) is 0 Å². The molecule has 3 aromatic rings. The molecule has 1 aromatic heterocycles. The molecule has 1 aliphatic rings. The lowest BCUT2D eigenvalue weighted by molar-refractivity contribution is -0.138. The maximum atomic E-state index is 13.7. The second-order valence-electron chi connectivity index (χ2n) is 7.90. The third kappa shape index (κ3) is 4.57. The third-order valence-corrected chi connectivity index (χ3v) is 6.21. The highest BCUT2D eigenvalue weighted by Crippen LogP contribution is 2.35. The summed E-state index contributed by atoms with van der Waals surface area (Å²) in [4.78, 5) is 12.3. The number of alkyl halides is 3. The molecule has 166 valence electrons. The van der Waals surface area contributed by atoms with Crippen molar-refractivity contribution in [3.05, 3.63) is 69.8 Å². The maximum absolute atomic E-state index is 13.7. The van der Waals surface area contributed by atoms with Crippen LogP contribution in [0.25, 0.3) is 17.0 Å². The lowest BCUT2D eigenvalue weighted by atomic mass is 9.93. The number of carbonyl (C=O) groups is 1. The smallest absolute Gasteiger partial charge is 0.386 e. The van der Waals surface area contributed by atoms with Crippen LogP contribution >= 0.6 is 24.0 Å². The van der Waals surface area contributed by atoms with E-state index in [1.807, 2.05) is 6.07 Å². The first-order valence-corrected chi connectivity index (χ1v) is 10.8. The van der Waals surface area contributed by atoms with Crippen LogP contribution in [-0.4, -0.2) is 25.1 Å². The first kappa shape index (κ1) is 22.5. The Morgan fingerprint density at radius 2 is 1.97 bits per heavy atom. The zero-order chi connectivity index (χ0) is 23.3. The van der Waals surface area contributed by atoms with Crippen molar-refractivity contribution in [2.24, 2.45) is 0 Å². The molecular formula is C22H18F3N3O2S2. The van der Waals surface area contributed by atoms with Crippen LogP contribution in [0.4, 0.5) is 13.2 Å². The van der Waals surface area contributed by atoms with E-state index in [0.29, 0.717) is 14.7 Å². The van der Waals surface area contributed by atoms with Crippen molar-refractivity contribution in [1.29, 1.82) is 0 Å². The third-order valence-electron chi connectivity index (χ3n) is 5.05. The number of thioether (sulfide) groups is 1. The number of hydrogen-bond donors (Lipinski definition) is 2. The second kappa shape index (κ2) is 8.02. The summed E-state index contributed by atoms with van der Waals surface area (Å²) >= 11 is 6.15. The van der Waals surface area contributed by atoms with Gasteiger partial charge < -0.3 is 10.4 Å².